The molecular weight excluding hydrogens is 286 g/mol. The van der Waals surface area contributed by atoms with Crippen LogP contribution in [0.3, 0.4) is 0 Å². The normalized spacial score (nSPS) is 10.8. The van der Waals surface area contributed by atoms with Crippen molar-refractivity contribution in [3.05, 3.63) is 64.8 Å². The standard InChI is InChI=1S/C17H14ClNO2/c1-21-15-6-7-17-16(8-15)13(11-20)10-19(17)9-12-2-4-14(18)5-3-12/h2-8,10-11H,9H2,1H3. The molecule has 0 aliphatic heterocycles. The number of carbonyl (C=O) groups is 1. The highest BCUT2D eigenvalue weighted by Gasteiger charge is 2.09. The fourth-order valence-corrected chi connectivity index (χ4v) is 2.57. The van der Waals surface area contributed by atoms with Crippen molar-refractivity contribution in [3.8, 4) is 5.75 Å². The van der Waals surface area contributed by atoms with Gasteiger partial charge >= 0.3 is 0 Å². The van der Waals surface area contributed by atoms with Crippen LogP contribution in [0.1, 0.15) is 15.9 Å². The first-order chi connectivity index (χ1) is 10.2. The Hall–Kier alpha value is -2.26. The quantitative estimate of drug-likeness (QED) is 0.677. The van der Waals surface area contributed by atoms with E-state index in [2.05, 4.69) is 4.57 Å². The summed E-state index contributed by atoms with van der Waals surface area (Å²) in [7, 11) is 1.62. The molecule has 0 fully saturated rings. The second kappa shape index (κ2) is 5.62. The van der Waals surface area contributed by atoms with Gasteiger partial charge < -0.3 is 9.30 Å². The Labute approximate surface area is 127 Å². The molecule has 21 heavy (non-hydrogen) atoms. The zero-order valence-electron chi connectivity index (χ0n) is 11.5. The van der Waals surface area contributed by atoms with Gasteiger partial charge in [0, 0.05) is 34.2 Å². The topological polar surface area (TPSA) is 31.2 Å². The number of benzene rings is 2. The first-order valence-electron chi connectivity index (χ1n) is 6.58. The average Bonchev–Trinajstić information content (AvgIpc) is 2.86. The Morgan fingerprint density at radius 1 is 1.19 bits per heavy atom. The molecule has 0 amide bonds. The largest absolute Gasteiger partial charge is 0.497 e. The molecule has 0 unspecified atom stereocenters. The summed E-state index contributed by atoms with van der Waals surface area (Å²) in [6, 6.07) is 13.5. The molecule has 0 radical (unpaired) electrons. The highest BCUT2D eigenvalue weighted by molar-refractivity contribution is 6.30. The molecule has 106 valence electrons. The number of nitrogens with zero attached hydrogens (tertiary/aromatic N) is 1. The summed E-state index contributed by atoms with van der Waals surface area (Å²) >= 11 is 5.90. The highest BCUT2D eigenvalue weighted by atomic mass is 35.5. The molecule has 0 atom stereocenters. The molecule has 2 aromatic carbocycles. The molecule has 0 bridgehead atoms. The van der Waals surface area contributed by atoms with E-state index in [0.717, 1.165) is 33.5 Å². The van der Waals surface area contributed by atoms with Crippen LogP contribution in [0.25, 0.3) is 10.9 Å². The summed E-state index contributed by atoms with van der Waals surface area (Å²) in [6.45, 7) is 0.688. The van der Waals surface area contributed by atoms with Crippen LogP contribution in [0.15, 0.2) is 48.7 Å². The number of aromatic nitrogens is 1. The summed E-state index contributed by atoms with van der Waals surface area (Å²) in [4.78, 5) is 11.3. The SMILES string of the molecule is COc1ccc2c(c1)c(C=O)cn2Cc1ccc(Cl)cc1. The lowest BCUT2D eigenvalue weighted by atomic mass is 10.2. The number of ether oxygens (including phenoxy) is 1. The Bertz CT molecular complexity index is 790. The van der Waals surface area contributed by atoms with Crippen LogP contribution in [0.4, 0.5) is 0 Å². The predicted molar refractivity (Wildman–Crippen MR) is 84.4 cm³/mol. The molecule has 0 saturated heterocycles. The third-order valence-electron chi connectivity index (χ3n) is 3.51. The van der Waals surface area contributed by atoms with Crippen LogP contribution in [0.2, 0.25) is 5.02 Å². The molecule has 1 heterocycles. The first-order valence-corrected chi connectivity index (χ1v) is 6.95. The number of fused-ring (bicyclic) bond motifs is 1. The number of hydrogen-bond acceptors (Lipinski definition) is 2. The van der Waals surface area contributed by atoms with E-state index in [-0.39, 0.29) is 0 Å². The van der Waals surface area contributed by atoms with Crippen LogP contribution in [-0.2, 0) is 6.54 Å². The fraction of sp³-hybridized carbons (Fsp3) is 0.118. The molecule has 3 aromatic rings. The van der Waals surface area contributed by atoms with Gasteiger partial charge in [0.1, 0.15) is 5.75 Å². The van der Waals surface area contributed by atoms with E-state index in [9.17, 15) is 4.79 Å². The zero-order valence-corrected chi connectivity index (χ0v) is 12.3. The van der Waals surface area contributed by atoms with E-state index >= 15 is 0 Å². The van der Waals surface area contributed by atoms with Gasteiger partial charge in [-0.1, -0.05) is 23.7 Å². The van der Waals surface area contributed by atoms with Crippen LogP contribution < -0.4 is 4.74 Å². The minimum absolute atomic E-state index is 0.665. The van der Waals surface area contributed by atoms with Crippen molar-refractivity contribution in [2.75, 3.05) is 7.11 Å². The molecular formula is C17H14ClNO2. The van der Waals surface area contributed by atoms with E-state index in [1.54, 1.807) is 7.11 Å². The van der Waals surface area contributed by atoms with Crippen molar-refractivity contribution in [2.45, 2.75) is 6.54 Å². The molecule has 0 N–H and O–H groups in total. The monoisotopic (exact) mass is 299 g/mol. The Kier molecular flexibility index (Phi) is 3.67. The zero-order chi connectivity index (χ0) is 14.8. The predicted octanol–water partition coefficient (Wildman–Crippen LogP) is 4.16. The number of halogens is 1. The molecule has 3 rings (SSSR count). The second-order valence-electron chi connectivity index (χ2n) is 4.84. The lowest BCUT2D eigenvalue weighted by Crippen LogP contribution is -1.97. The van der Waals surface area contributed by atoms with Gasteiger partial charge in [0.05, 0.1) is 7.11 Å². The van der Waals surface area contributed by atoms with E-state index in [4.69, 9.17) is 16.3 Å². The van der Waals surface area contributed by atoms with E-state index in [1.165, 1.54) is 0 Å². The Morgan fingerprint density at radius 2 is 1.95 bits per heavy atom. The maximum atomic E-state index is 11.3. The number of aldehydes is 1. The van der Waals surface area contributed by atoms with Gasteiger partial charge in [-0.3, -0.25) is 4.79 Å². The van der Waals surface area contributed by atoms with E-state index < -0.39 is 0 Å². The van der Waals surface area contributed by atoms with Gasteiger partial charge in [-0.15, -0.1) is 0 Å². The summed E-state index contributed by atoms with van der Waals surface area (Å²) < 4.78 is 7.28. The van der Waals surface area contributed by atoms with Crippen molar-refractivity contribution in [2.24, 2.45) is 0 Å². The van der Waals surface area contributed by atoms with Gasteiger partial charge in [0.25, 0.3) is 0 Å². The van der Waals surface area contributed by atoms with Crippen molar-refractivity contribution in [1.29, 1.82) is 0 Å². The second-order valence-corrected chi connectivity index (χ2v) is 5.28. The van der Waals surface area contributed by atoms with Crippen LogP contribution >= 0.6 is 11.6 Å². The van der Waals surface area contributed by atoms with E-state index in [1.807, 2.05) is 48.7 Å². The molecule has 4 heteroatoms. The fourth-order valence-electron chi connectivity index (χ4n) is 2.44. The highest BCUT2D eigenvalue weighted by Crippen LogP contribution is 2.26. The lowest BCUT2D eigenvalue weighted by molar-refractivity contribution is 0.112. The Morgan fingerprint density at radius 3 is 2.62 bits per heavy atom. The third-order valence-corrected chi connectivity index (χ3v) is 3.76. The average molecular weight is 300 g/mol. The molecule has 0 aliphatic carbocycles. The first kappa shape index (κ1) is 13.7. The third kappa shape index (κ3) is 2.65. The number of hydrogen-bond donors (Lipinski definition) is 0. The van der Waals surface area contributed by atoms with Crippen molar-refractivity contribution >= 4 is 28.8 Å². The van der Waals surface area contributed by atoms with Gasteiger partial charge in [-0.2, -0.15) is 0 Å². The number of carbonyl (C=O) groups excluding carboxylic acids is 1. The summed E-state index contributed by atoms with van der Waals surface area (Å²) in [5, 5.41) is 1.62. The molecule has 1 aromatic heterocycles. The van der Waals surface area contributed by atoms with Crippen LogP contribution in [-0.4, -0.2) is 18.0 Å². The van der Waals surface area contributed by atoms with E-state index in [0.29, 0.717) is 12.1 Å². The van der Waals surface area contributed by atoms with Crippen LogP contribution in [0, 0.1) is 0 Å². The maximum absolute atomic E-state index is 11.3. The van der Waals surface area contributed by atoms with Gasteiger partial charge in [0.2, 0.25) is 0 Å². The number of methoxy groups -OCH3 is 1. The Balaban J connectivity index is 2.06. The summed E-state index contributed by atoms with van der Waals surface area (Å²) in [5.74, 6) is 0.745. The van der Waals surface area contributed by atoms with Crippen molar-refractivity contribution in [3.63, 3.8) is 0 Å². The molecule has 0 spiro atoms. The smallest absolute Gasteiger partial charge is 0.152 e. The van der Waals surface area contributed by atoms with Crippen LogP contribution in [0.5, 0.6) is 5.75 Å². The van der Waals surface area contributed by atoms with Gasteiger partial charge in [-0.25, -0.2) is 0 Å². The molecule has 3 nitrogen and oxygen atoms in total. The molecule has 0 saturated carbocycles. The number of rotatable bonds is 4. The minimum atomic E-state index is 0.665. The van der Waals surface area contributed by atoms with Crippen molar-refractivity contribution < 1.29 is 9.53 Å². The summed E-state index contributed by atoms with van der Waals surface area (Å²) in [5.41, 5.74) is 2.80. The van der Waals surface area contributed by atoms with Gasteiger partial charge in [-0.05, 0) is 35.9 Å². The maximum Gasteiger partial charge on any atom is 0.152 e. The van der Waals surface area contributed by atoms with Gasteiger partial charge in [0.15, 0.2) is 6.29 Å². The summed E-state index contributed by atoms with van der Waals surface area (Å²) in [6.07, 6.45) is 2.74. The lowest BCUT2D eigenvalue weighted by Gasteiger charge is -2.06. The van der Waals surface area contributed by atoms with Crippen molar-refractivity contribution in [1.82, 2.24) is 4.57 Å². The minimum Gasteiger partial charge on any atom is -0.497 e. The molecule has 0 aliphatic rings.